The molecule has 1 fully saturated rings. The average molecular weight is 342 g/mol. The normalized spacial score (nSPS) is 19.9. The van der Waals surface area contributed by atoms with Crippen molar-refractivity contribution >= 4 is 21.6 Å². The zero-order valence-electron chi connectivity index (χ0n) is 11.6. The molecule has 0 aliphatic carbocycles. The molecular formula is C14H20BrN3O2. The number of rotatable bonds is 4. The van der Waals surface area contributed by atoms with Gasteiger partial charge in [0.1, 0.15) is 0 Å². The van der Waals surface area contributed by atoms with E-state index in [1.165, 1.54) is 0 Å². The number of nitrogens with one attached hydrogen (secondary N) is 1. The number of benzene rings is 1. The second-order valence-electron chi connectivity index (χ2n) is 5.28. The number of hydrogen-bond acceptors (Lipinski definition) is 4. The van der Waals surface area contributed by atoms with Crippen LogP contribution in [0.2, 0.25) is 0 Å². The van der Waals surface area contributed by atoms with Crippen LogP contribution < -0.4 is 5.32 Å². The van der Waals surface area contributed by atoms with Gasteiger partial charge in [-0.3, -0.25) is 15.0 Å². The minimum Gasteiger partial charge on any atom is -0.317 e. The highest BCUT2D eigenvalue weighted by Crippen LogP contribution is 2.25. The van der Waals surface area contributed by atoms with Gasteiger partial charge in [-0.15, -0.1) is 0 Å². The highest BCUT2D eigenvalue weighted by atomic mass is 79.9. The molecule has 0 bridgehead atoms. The summed E-state index contributed by atoms with van der Waals surface area (Å²) in [6.07, 6.45) is 3.41. The van der Waals surface area contributed by atoms with E-state index in [0.29, 0.717) is 12.6 Å². The first-order valence-corrected chi connectivity index (χ1v) is 7.71. The van der Waals surface area contributed by atoms with Gasteiger partial charge in [0.2, 0.25) is 0 Å². The van der Waals surface area contributed by atoms with Gasteiger partial charge in [0.25, 0.3) is 5.69 Å². The summed E-state index contributed by atoms with van der Waals surface area (Å²) in [5.74, 6) is 0. The second-order valence-corrected chi connectivity index (χ2v) is 6.20. The first-order chi connectivity index (χ1) is 9.58. The molecule has 5 nitrogen and oxygen atoms in total. The van der Waals surface area contributed by atoms with Crippen molar-refractivity contribution < 1.29 is 4.92 Å². The number of nitrogens with zero attached hydrogens (tertiary/aromatic N) is 2. The quantitative estimate of drug-likeness (QED) is 0.675. The lowest BCUT2D eigenvalue weighted by molar-refractivity contribution is -0.385. The van der Waals surface area contributed by atoms with E-state index in [0.717, 1.165) is 42.4 Å². The van der Waals surface area contributed by atoms with Gasteiger partial charge in [-0.2, -0.15) is 0 Å². The third kappa shape index (κ3) is 4.01. The second kappa shape index (κ2) is 7.15. The molecule has 0 amide bonds. The summed E-state index contributed by atoms with van der Waals surface area (Å²) < 4.78 is 0.745. The van der Waals surface area contributed by atoms with Crippen molar-refractivity contribution in [3.05, 3.63) is 38.3 Å². The maximum absolute atomic E-state index is 11.1. The lowest BCUT2D eigenvalue weighted by Gasteiger charge is -2.26. The van der Waals surface area contributed by atoms with Gasteiger partial charge in [0.05, 0.1) is 4.92 Å². The molecule has 6 heteroatoms. The van der Waals surface area contributed by atoms with Gasteiger partial charge in [-0.05, 0) is 51.5 Å². The summed E-state index contributed by atoms with van der Waals surface area (Å²) in [7, 11) is 2.06. The molecule has 1 aromatic rings. The lowest BCUT2D eigenvalue weighted by Crippen LogP contribution is -2.32. The zero-order valence-corrected chi connectivity index (χ0v) is 13.2. The monoisotopic (exact) mass is 341 g/mol. The van der Waals surface area contributed by atoms with Crippen LogP contribution in [0.5, 0.6) is 0 Å². The van der Waals surface area contributed by atoms with Crippen molar-refractivity contribution in [3.63, 3.8) is 0 Å². The van der Waals surface area contributed by atoms with Crippen molar-refractivity contribution in [1.29, 1.82) is 0 Å². The number of halogens is 1. The van der Waals surface area contributed by atoms with Gasteiger partial charge < -0.3 is 5.32 Å². The molecule has 1 N–H and O–H groups in total. The molecule has 1 aromatic carbocycles. The predicted molar refractivity (Wildman–Crippen MR) is 82.8 cm³/mol. The molecule has 1 aliphatic heterocycles. The van der Waals surface area contributed by atoms with E-state index >= 15 is 0 Å². The van der Waals surface area contributed by atoms with Gasteiger partial charge in [-0.25, -0.2) is 0 Å². The predicted octanol–water partition coefficient (Wildman–Crippen LogP) is 2.93. The molecule has 110 valence electrons. The fourth-order valence-electron chi connectivity index (χ4n) is 2.68. The Morgan fingerprint density at radius 1 is 1.45 bits per heavy atom. The molecule has 1 heterocycles. The zero-order chi connectivity index (χ0) is 14.5. The van der Waals surface area contributed by atoms with E-state index < -0.39 is 0 Å². The Labute approximate surface area is 127 Å². The van der Waals surface area contributed by atoms with Crippen molar-refractivity contribution in [2.24, 2.45) is 0 Å². The molecule has 0 radical (unpaired) electrons. The molecule has 1 atom stereocenters. The van der Waals surface area contributed by atoms with Crippen LogP contribution in [0.4, 0.5) is 5.69 Å². The number of hydrogen-bond donors (Lipinski definition) is 1. The van der Waals surface area contributed by atoms with Crippen molar-refractivity contribution in [2.75, 3.05) is 20.1 Å². The van der Waals surface area contributed by atoms with Gasteiger partial charge >= 0.3 is 0 Å². The van der Waals surface area contributed by atoms with E-state index in [-0.39, 0.29) is 10.6 Å². The summed E-state index contributed by atoms with van der Waals surface area (Å²) in [6, 6.07) is 5.78. The molecule has 2 rings (SSSR count). The summed E-state index contributed by atoms with van der Waals surface area (Å²) in [4.78, 5) is 13.1. The van der Waals surface area contributed by atoms with E-state index in [1.807, 2.05) is 12.1 Å². The molecule has 1 unspecified atom stereocenters. The largest absolute Gasteiger partial charge is 0.317 e. The summed E-state index contributed by atoms with van der Waals surface area (Å²) in [5.41, 5.74) is 0.968. The van der Waals surface area contributed by atoms with Gasteiger partial charge in [-0.1, -0.05) is 15.9 Å². The number of nitro benzene ring substituents is 1. The van der Waals surface area contributed by atoms with Crippen molar-refractivity contribution in [3.8, 4) is 0 Å². The Morgan fingerprint density at radius 3 is 3.00 bits per heavy atom. The Bertz CT molecular complexity index is 473. The van der Waals surface area contributed by atoms with E-state index in [9.17, 15) is 10.1 Å². The van der Waals surface area contributed by atoms with Gasteiger partial charge in [0, 0.05) is 28.7 Å². The molecule has 0 saturated carbocycles. The summed E-state index contributed by atoms with van der Waals surface area (Å²) >= 11 is 3.29. The fraction of sp³-hybridized carbons (Fsp3) is 0.571. The van der Waals surface area contributed by atoms with E-state index in [4.69, 9.17) is 0 Å². The van der Waals surface area contributed by atoms with Crippen LogP contribution >= 0.6 is 15.9 Å². The third-order valence-corrected chi connectivity index (χ3v) is 4.33. The van der Waals surface area contributed by atoms with Crippen LogP contribution in [0.25, 0.3) is 0 Å². The van der Waals surface area contributed by atoms with Crippen LogP contribution in [0.3, 0.4) is 0 Å². The Kier molecular flexibility index (Phi) is 5.51. The van der Waals surface area contributed by atoms with Gasteiger partial charge in [0.15, 0.2) is 0 Å². The van der Waals surface area contributed by atoms with Crippen LogP contribution in [-0.2, 0) is 6.54 Å². The van der Waals surface area contributed by atoms with E-state index in [2.05, 4.69) is 33.2 Å². The highest BCUT2D eigenvalue weighted by molar-refractivity contribution is 9.10. The minimum atomic E-state index is -0.303. The maximum Gasteiger partial charge on any atom is 0.275 e. The third-order valence-electron chi connectivity index (χ3n) is 3.83. The van der Waals surface area contributed by atoms with Crippen molar-refractivity contribution in [1.82, 2.24) is 10.2 Å². The Hall–Kier alpha value is -0.980. The first kappa shape index (κ1) is 15.4. The topological polar surface area (TPSA) is 58.4 Å². The first-order valence-electron chi connectivity index (χ1n) is 6.91. The van der Waals surface area contributed by atoms with E-state index in [1.54, 1.807) is 6.07 Å². The van der Waals surface area contributed by atoms with Crippen LogP contribution in [-0.4, -0.2) is 36.0 Å². The SMILES string of the molecule is CN(Cc1ccc(Br)cc1[N+](=O)[O-])C1CCCNCC1. The van der Waals surface area contributed by atoms with Crippen LogP contribution in [0.15, 0.2) is 22.7 Å². The minimum absolute atomic E-state index is 0.193. The molecule has 0 aromatic heterocycles. The fourth-order valence-corrected chi connectivity index (χ4v) is 3.03. The Balaban J connectivity index is 2.10. The summed E-state index contributed by atoms with van der Waals surface area (Å²) in [5, 5.41) is 14.5. The average Bonchev–Trinajstić information content (AvgIpc) is 2.69. The smallest absolute Gasteiger partial charge is 0.275 e. The molecule has 0 spiro atoms. The standard InChI is InChI=1S/C14H20BrN3O2/c1-17(13-3-2-7-16-8-6-13)10-11-4-5-12(15)9-14(11)18(19)20/h4-5,9,13,16H,2-3,6-8,10H2,1H3. The van der Waals surface area contributed by atoms with Crippen LogP contribution in [0, 0.1) is 10.1 Å². The number of nitro groups is 1. The highest BCUT2D eigenvalue weighted by Gasteiger charge is 2.20. The Morgan fingerprint density at radius 2 is 2.25 bits per heavy atom. The molecular weight excluding hydrogens is 322 g/mol. The lowest BCUT2D eigenvalue weighted by atomic mass is 10.1. The maximum atomic E-state index is 11.1. The molecule has 1 saturated heterocycles. The molecule has 1 aliphatic rings. The molecule has 20 heavy (non-hydrogen) atoms. The van der Waals surface area contributed by atoms with Crippen molar-refractivity contribution in [2.45, 2.75) is 31.8 Å². The summed E-state index contributed by atoms with van der Waals surface area (Å²) in [6.45, 7) is 2.72. The van der Waals surface area contributed by atoms with Crippen LogP contribution in [0.1, 0.15) is 24.8 Å².